The summed E-state index contributed by atoms with van der Waals surface area (Å²) in [6.45, 7) is 0. The fourth-order valence-corrected chi connectivity index (χ4v) is 0.453. The summed E-state index contributed by atoms with van der Waals surface area (Å²) in [7, 11) is -4.64. The molecule has 1 aromatic rings. The van der Waals surface area contributed by atoms with E-state index in [1.807, 2.05) is 30.3 Å². The van der Waals surface area contributed by atoms with E-state index >= 15 is 0 Å². The number of rotatable bonds is 0. The van der Waals surface area contributed by atoms with Crippen LogP contribution in [0.1, 0.15) is 0 Å². The molecule has 0 fully saturated rings. The van der Waals surface area contributed by atoms with Crippen LogP contribution in [0.3, 0.4) is 0 Å². The summed E-state index contributed by atoms with van der Waals surface area (Å²) in [5.41, 5.74) is 6.18. The van der Waals surface area contributed by atoms with Gasteiger partial charge in [0.05, 0.1) is 0 Å². The van der Waals surface area contributed by atoms with E-state index in [9.17, 15) is 0 Å². The van der Waals surface area contributed by atoms with Crippen LogP contribution in [0.4, 0.5) is 5.69 Å². The first-order valence-electron chi connectivity index (χ1n) is 2.98. The standard InChI is InChI=1S/C6H7N.Li.H3O4P.H/c7-6-4-2-1-3-5-6;;1-5(2,3)4;/h1-5H,7H2;;(H3,1,2,3,4);. The van der Waals surface area contributed by atoms with E-state index in [1.54, 1.807) is 0 Å². The van der Waals surface area contributed by atoms with Crippen molar-refractivity contribution in [2.45, 2.75) is 0 Å². The Hall–Kier alpha value is -0.273. The third-order valence-electron chi connectivity index (χ3n) is 0.800. The molecule has 0 aromatic heterocycles. The zero-order chi connectivity index (χ0) is 9.61. The summed E-state index contributed by atoms with van der Waals surface area (Å²) in [4.78, 5) is 21.6. The molecule has 0 saturated carbocycles. The van der Waals surface area contributed by atoms with E-state index in [1.165, 1.54) is 0 Å². The Morgan fingerprint density at radius 2 is 1.38 bits per heavy atom. The van der Waals surface area contributed by atoms with E-state index in [0.29, 0.717) is 0 Å². The van der Waals surface area contributed by atoms with E-state index in [-0.39, 0.29) is 18.9 Å². The zero-order valence-corrected chi connectivity index (χ0v) is 7.06. The van der Waals surface area contributed by atoms with Crippen LogP contribution in [-0.4, -0.2) is 33.5 Å². The second-order valence-electron chi connectivity index (χ2n) is 1.92. The molecule has 70 valence electrons. The van der Waals surface area contributed by atoms with Crippen LogP contribution in [0.2, 0.25) is 0 Å². The first-order valence-corrected chi connectivity index (χ1v) is 4.55. The molecular formula is C6H11LiNO4P. The molecule has 0 bridgehead atoms. The Morgan fingerprint density at radius 1 is 1.08 bits per heavy atom. The molecule has 0 atom stereocenters. The van der Waals surface area contributed by atoms with Gasteiger partial charge in [-0.3, -0.25) is 0 Å². The molecular weight excluding hydrogens is 188 g/mol. The Morgan fingerprint density at radius 3 is 1.54 bits per heavy atom. The van der Waals surface area contributed by atoms with Crippen molar-refractivity contribution < 1.29 is 19.2 Å². The van der Waals surface area contributed by atoms with Gasteiger partial charge in [0.2, 0.25) is 0 Å². The average molecular weight is 199 g/mol. The fourth-order valence-electron chi connectivity index (χ4n) is 0.453. The van der Waals surface area contributed by atoms with Crippen LogP contribution >= 0.6 is 7.82 Å². The average Bonchev–Trinajstić information content (AvgIpc) is 1.85. The van der Waals surface area contributed by atoms with Gasteiger partial charge >= 0.3 is 26.7 Å². The predicted octanol–water partition coefficient (Wildman–Crippen LogP) is -0.308. The van der Waals surface area contributed by atoms with Crippen molar-refractivity contribution in [1.82, 2.24) is 0 Å². The summed E-state index contributed by atoms with van der Waals surface area (Å²) in [5.74, 6) is 0. The maximum atomic E-state index is 8.88. The zero-order valence-electron chi connectivity index (χ0n) is 6.16. The van der Waals surface area contributed by atoms with Crippen molar-refractivity contribution in [3.05, 3.63) is 30.3 Å². The normalized spacial score (nSPS) is 9.15. The van der Waals surface area contributed by atoms with Crippen molar-refractivity contribution in [2.24, 2.45) is 0 Å². The SMILES string of the molecule is Nc1ccccc1.O=P(O)(O)O.[LiH]. The molecule has 0 aliphatic heterocycles. The van der Waals surface area contributed by atoms with Gasteiger partial charge in [0.1, 0.15) is 0 Å². The quantitative estimate of drug-likeness (QED) is 0.260. The van der Waals surface area contributed by atoms with Gasteiger partial charge in [0.15, 0.2) is 0 Å². The third-order valence-corrected chi connectivity index (χ3v) is 0.800. The van der Waals surface area contributed by atoms with Gasteiger partial charge in [-0.1, -0.05) is 18.2 Å². The second kappa shape index (κ2) is 7.16. The number of hydrogen-bond donors (Lipinski definition) is 4. The van der Waals surface area contributed by atoms with Gasteiger partial charge in [-0.25, -0.2) is 4.57 Å². The number of nitrogens with two attached hydrogens (primary N) is 1. The Bertz CT molecular complexity index is 254. The van der Waals surface area contributed by atoms with Crippen molar-refractivity contribution >= 4 is 32.4 Å². The topological polar surface area (TPSA) is 104 Å². The van der Waals surface area contributed by atoms with Crippen molar-refractivity contribution in [3.8, 4) is 0 Å². The minimum atomic E-state index is -4.64. The molecule has 0 spiro atoms. The van der Waals surface area contributed by atoms with Gasteiger partial charge in [0, 0.05) is 5.69 Å². The van der Waals surface area contributed by atoms with Gasteiger partial charge in [-0.15, -0.1) is 0 Å². The number of para-hydroxylation sites is 1. The Kier molecular flexibility index (Phi) is 8.38. The molecule has 5 nitrogen and oxygen atoms in total. The third kappa shape index (κ3) is 18.6. The van der Waals surface area contributed by atoms with Crippen LogP contribution < -0.4 is 5.73 Å². The molecule has 0 aliphatic carbocycles. The molecule has 0 unspecified atom stereocenters. The first-order chi connectivity index (χ1) is 5.39. The van der Waals surface area contributed by atoms with E-state index in [2.05, 4.69) is 0 Å². The number of nitrogen functional groups attached to an aromatic ring is 1. The van der Waals surface area contributed by atoms with Crippen LogP contribution in [-0.2, 0) is 4.57 Å². The molecule has 13 heavy (non-hydrogen) atoms. The van der Waals surface area contributed by atoms with Crippen molar-refractivity contribution in [2.75, 3.05) is 5.73 Å². The fraction of sp³-hybridized carbons (Fsp3) is 0. The number of phosphoric acid groups is 1. The van der Waals surface area contributed by atoms with Gasteiger partial charge < -0.3 is 20.4 Å². The monoisotopic (exact) mass is 199 g/mol. The van der Waals surface area contributed by atoms with Crippen LogP contribution in [0.5, 0.6) is 0 Å². The van der Waals surface area contributed by atoms with Crippen molar-refractivity contribution in [1.29, 1.82) is 0 Å². The number of hydrogen-bond acceptors (Lipinski definition) is 2. The maximum absolute atomic E-state index is 8.88. The Labute approximate surface area is 88.0 Å². The number of benzene rings is 1. The van der Waals surface area contributed by atoms with E-state index < -0.39 is 7.82 Å². The summed E-state index contributed by atoms with van der Waals surface area (Å²) >= 11 is 0. The van der Waals surface area contributed by atoms with Gasteiger partial charge in [0.25, 0.3) is 0 Å². The van der Waals surface area contributed by atoms with Crippen LogP contribution in [0.25, 0.3) is 0 Å². The molecule has 0 radical (unpaired) electrons. The second-order valence-corrected chi connectivity index (χ2v) is 2.95. The molecule has 7 heteroatoms. The summed E-state index contributed by atoms with van der Waals surface area (Å²) in [6.07, 6.45) is 0. The molecule has 0 aliphatic rings. The Balaban J connectivity index is 0. The molecule has 0 heterocycles. The van der Waals surface area contributed by atoms with Gasteiger partial charge in [-0.05, 0) is 12.1 Å². The molecule has 5 N–H and O–H groups in total. The molecule has 0 saturated heterocycles. The molecule has 1 aromatic carbocycles. The van der Waals surface area contributed by atoms with E-state index in [4.69, 9.17) is 25.0 Å². The number of anilines is 1. The van der Waals surface area contributed by atoms with Crippen LogP contribution in [0, 0.1) is 0 Å². The predicted molar refractivity (Wildman–Crippen MR) is 52.3 cm³/mol. The van der Waals surface area contributed by atoms with E-state index in [0.717, 1.165) is 5.69 Å². The molecule has 0 amide bonds. The summed E-state index contributed by atoms with van der Waals surface area (Å²) < 4.78 is 8.88. The van der Waals surface area contributed by atoms with Crippen LogP contribution in [0.15, 0.2) is 30.3 Å². The summed E-state index contributed by atoms with van der Waals surface area (Å²) in [6, 6.07) is 9.49. The summed E-state index contributed by atoms with van der Waals surface area (Å²) in [5, 5.41) is 0. The van der Waals surface area contributed by atoms with Gasteiger partial charge in [-0.2, -0.15) is 0 Å². The first kappa shape index (κ1) is 15.2. The minimum absolute atomic E-state index is 0. The molecule has 1 rings (SSSR count). The van der Waals surface area contributed by atoms with Crippen molar-refractivity contribution in [3.63, 3.8) is 0 Å².